The van der Waals surface area contributed by atoms with Crippen LogP contribution < -0.4 is 15.4 Å². The molecule has 0 atom stereocenters. The van der Waals surface area contributed by atoms with Crippen LogP contribution in [0.2, 0.25) is 0 Å². The summed E-state index contributed by atoms with van der Waals surface area (Å²) in [6.07, 6.45) is 1.06. The number of carbonyl (C=O) groups excluding carboxylic acids is 2. The van der Waals surface area contributed by atoms with Gasteiger partial charge >= 0.3 is 0 Å². The number of rotatable bonds is 3. The molecule has 0 bridgehead atoms. The van der Waals surface area contributed by atoms with Crippen LogP contribution in [-0.4, -0.2) is 40.7 Å². The number of aromatic amines is 1. The predicted octanol–water partition coefficient (Wildman–Crippen LogP) is 3.98. The van der Waals surface area contributed by atoms with Gasteiger partial charge in [0, 0.05) is 13.5 Å². The maximum Gasteiger partial charge on any atom is 0.288 e. The highest BCUT2D eigenvalue weighted by molar-refractivity contribution is 5.95. The van der Waals surface area contributed by atoms with Crippen molar-refractivity contribution in [3.05, 3.63) is 71.8 Å². The lowest BCUT2D eigenvalue weighted by atomic mass is 10.1. The molecule has 3 aromatic rings. The predicted molar refractivity (Wildman–Crippen MR) is 127 cm³/mol. The normalized spacial score (nSPS) is 11.7. The fourth-order valence-corrected chi connectivity index (χ4v) is 2.68. The van der Waals surface area contributed by atoms with E-state index in [4.69, 9.17) is 10.5 Å². The molecule has 0 radical (unpaired) electrons. The van der Waals surface area contributed by atoms with Gasteiger partial charge in [-0.3, -0.25) is 14.7 Å². The van der Waals surface area contributed by atoms with Crippen LogP contribution in [0.15, 0.2) is 54.6 Å². The van der Waals surface area contributed by atoms with Gasteiger partial charge in [0.1, 0.15) is 11.6 Å². The third-order valence-electron chi connectivity index (χ3n) is 4.14. The number of primary amides is 1. The Bertz CT molecular complexity index is 957. The van der Waals surface area contributed by atoms with Gasteiger partial charge in [-0.25, -0.2) is 4.98 Å². The molecule has 0 aliphatic carbocycles. The third-order valence-corrected chi connectivity index (χ3v) is 4.14. The first-order valence-corrected chi connectivity index (χ1v) is 10.8. The van der Waals surface area contributed by atoms with Crippen LogP contribution >= 0.6 is 0 Å². The van der Waals surface area contributed by atoms with Gasteiger partial charge in [0.05, 0.1) is 18.7 Å². The van der Waals surface area contributed by atoms with Crippen molar-refractivity contribution in [1.29, 1.82) is 0 Å². The zero-order valence-corrected chi connectivity index (χ0v) is 19.5. The highest BCUT2D eigenvalue weighted by Crippen LogP contribution is 2.29. The Morgan fingerprint density at radius 1 is 1.06 bits per heavy atom. The topological polar surface area (TPSA) is 114 Å². The van der Waals surface area contributed by atoms with Crippen molar-refractivity contribution in [3.63, 3.8) is 0 Å². The van der Waals surface area contributed by atoms with Gasteiger partial charge in [-0.05, 0) is 17.7 Å². The Labute approximate surface area is 189 Å². The summed E-state index contributed by atoms with van der Waals surface area (Å²) < 4.78 is 5.43. The monoisotopic (exact) mass is 439 g/mol. The number of ether oxygens (including phenoxy) is 1. The van der Waals surface area contributed by atoms with Crippen LogP contribution in [-0.2, 0) is 11.2 Å². The first kappa shape index (κ1) is 26.4. The Hall–Kier alpha value is -3.68. The summed E-state index contributed by atoms with van der Waals surface area (Å²) in [6.45, 7) is 8.47. The second-order valence-electron chi connectivity index (χ2n) is 6.15. The van der Waals surface area contributed by atoms with Gasteiger partial charge in [0.25, 0.3) is 5.91 Å². The second-order valence-corrected chi connectivity index (χ2v) is 6.15. The fourth-order valence-electron chi connectivity index (χ4n) is 2.68. The van der Waals surface area contributed by atoms with E-state index in [0.717, 1.165) is 17.0 Å². The maximum absolute atomic E-state index is 11.4. The van der Waals surface area contributed by atoms with Crippen LogP contribution in [0.25, 0.3) is 0 Å². The molecule has 1 aliphatic rings. The Morgan fingerprint density at radius 3 is 2.31 bits per heavy atom. The first-order chi connectivity index (χ1) is 15.5. The van der Waals surface area contributed by atoms with E-state index in [-0.39, 0.29) is 11.7 Å². The Morgan fingerprint density at radius 2 is 1.69 bits per heavy atom. The molecule has 0 saturated heterocycles. The summed E-state index contributed by atoms with van der Waals surface area (Å²) in [6, 6.07) is 17.4. The molecular weight excluding hydrogens is 406 g/mol. The lowest BCUT2D eigenvalue weighted by Gasteiger charge is -2.15. The van der Waals surface area contributed by atoms with Gasteiger partial charge in [-0.15, -0.1) is 5.10 Å². The van der Waals surface area contributed by atoms with Crippen molar-refractivity contribution in [1.82, 2.24) is 15.2 Å². The number of H-pyrrole nitrogens is 1. The van der Waals surface area contributed by atoms with E-state index in [9.17, 15) is 9.59 Å². The van der Waals surface area contributed by atoms with Crippen LogP contribution in [0.4, 0.5) is 5.69 Å². The van der Waals surface area contributed by atoms with E-state index in [2.05, 4.69) is 15.2 Å². The van der Waals surface area contributed by atoms with Crippen LogP contribution in [0.5, 0.6) is 5.75 Å². The summed E-state index contributed by atoms with van der Waals surface area (Å²) in [5.41, 5.74) is 6.99. The van der Waals surface area contributed by atoms with Gasteiger partial charge in [0.2, 0.25) is 11.7 Å². The number of amides is 2. The highest BCUT2D eigenvalue weighted by atomic mass is 16.5. The minimum atomic E-state index is -0.620. The van der Waals surface area contributed by atoms with Crippen molar-refractivity contribution in [2.45, 2.75) is 40.5 Å². The van der Waals surface area contributed by atoms with Crippen molar-refractivity contribution < 1.29 is 14.3 Å². The lowest BCUT2D eigenvalue weighted by molar-refractivity contribution is -0.118. The molecule has 2 heterocycles. The van der Waals surface area contributed by atoms with Gasteiger partial charge in [-0.2, -0.15) is 0 Å². The molecule has 3 N–H and O–H groups in total. The standard InChI is InChI=1S/C10H10N4O.C10H11NO2.2C2H6/c11-9(15)10-12-8(13-14-10)6-7-4-2-1-3-5-7;1-11-8-4-2-3-5-9(8)13-7-6-10(11)12;2*1-2/h1-5H,6H2,(H2,11,15)(H,12,13,14);2-5H,6-7H2,1H3;2*1-2H3. The van der Waals surface area contributed by atoms with E-state index in [1.165, 1.54) is 0 Å². The molecule has 172 valence electrons. The van der Waals surface area contributed by atoms with Crippen molar-refractivity contribution >= 4 is 17.5 Å². The molecular formula is C24H33N5O3. The van der Waals surface area contributed by atoms with Gasteiger partial charge in [0.15, 0.2) is 0 Å². The molecule has 1 aromatic heterocycles. The van der Waals surface area contributed by atoms with Gasteiger partial charge in [-0.1, -0.05) is 70.2 Å². The number of aromatic nitrogens is 3. The number of hydrogen-bond donors (Lipinski definition) is 2. The molecule has 4 rings (SSSR count). The number of carbonyl (C=O) groups is 2. The van der Waals surface area contributed by atoms with E-state index in [1.54, 1.807) is 11.9 Å². The van der Waals surface area contributed by atoms with Crippen molar-refractivity contribution in [3.8, 4) is 5.75 Å². The molecule has 0 saturated carbocycles. The summed E-state index contributed by atoms with van der Waals surface area (Å²) >= 11 is 0. The number of nitrogens with zero attached hydrogens (tertiary/aromatic N) is 3. The lowest BCUT2D eigenvalue weighted by Crippen LogP contribution is -2.24. The number of nitrogens with one attached hydrogen (secondary N) is 1. The fraction of sp³-hybridized carbons (Fsp3) is 0.333. The zero-order chi connectivity index (χ0) is 23.9. The minimum Gasteiger partial charge on any atom is -0.491 e. The molecule has 32 heavy (non-hydrogen) atoms. The number of benzene rings is 2. The van der Waals surface area contributed by atoms with Crippen molar-refractivity contribution in [2.24, 2.45) is 5.73 Å². The minimum absolute atomic E-state index is 0.0286. The van der Waals surface area contributed by atoms with Crippen LogP contribution in [0.3, 0.4) is 0 Å². The highest BCUT2D eigenvalue weighted by Gasteiger charge is 2.18. The summed E-state index contributed by atoms with van der Waals surface area (Å²) in [7, 11) is 1.77. The molecule has 1 aliphatic heterocycles. The number of hydrogen-bond acceptors (Lipinski definition) is 5. The molecule has 0 spiro atoms. The smallest absolute Gasteiger partial charge is 0.288 e. The van der Waals surface area contributed by atoms with E-state index >= 15 is 0 Å². The number of nitrogens with two attached hydrogens (primary N) is 1. The Kier molecular flexibility index (Phi) is 11.8. The Balaban J connectivity index is 0.000000279. The zero-order valence-electron chi connectivity index (χ0n) is 19.5. The summed E-state index contributed by atoms with van der Waals surface area (Å²) in [5, 5.41) is 6.37. The molecule has 0 unspecified atom stereocenters. The third kappa shape index (κ3) is 7.86. The summed E-state index contributed by atoms with van der Waals surface area (Å²) in [5.74, 6) is 0.933. The number of fused-ring (bicyclic) bond motifs is 1. The maximum atomic E-state index is 11.4. The first-order valence-electron chi connectivity index (χ1n) is 10.8. The molecule has 2 amide bonds. The van der Waals surface area contributed by atoms with Gasteiger partial charge < -0.3 is 15.4 Å². The molecule has 8 heteroatoms. The average Bonchev–Trinajstić information content (AvgIpc) is 3.26. The molecule has 2 aromatic carbocycles. The van der Waals surface area contributed by atoms with E-state index in [1.807, 2.05) is 82.3 Å². The molecule has 8 nitrogen and oxygen atoms in total. The average molecular weight is 440 g/mol. The number of anilines is 1. The molecule has 0 fully saturated rings. The van der Waals surface area contributed by atoms with Crippen LogP contribution in [0, 0.1) is 0 Å². The SMILES string of the molecule is CC.CC.CN1C(=O)CCOc2ccccc21.NC(=O)c1n[nH]c(Cc2ccccc2)n1. The second kappa shape index (κ2) is 14.3. The van der Waals surface area contributed by atoms with E-state index < -0.39 is 5.91 Å². The van der Waals surface area contributed by atoms with Crippen LogP contribution in [0.1, 0.15) is 56.1 Å². The van der Waals surface area contributed by atoms with E-state index in [0.29, 0.717) is 25.3 Å². The van der Waals surface area contributed by atoms with Crippen molar-refractivity contribution in [2.75, 3.05) is 18.6 Å². The largest absolute Gasteiger partial charge is 0.491 e. The summed E-state index contributed by atoms with van der Waals surface area (Å²) in [4.78, 5) is 27.8. The number of para-hydroxylation sites is 2. The quantitative estimate of drug-likeness (QED) is 0.641.